The molecule has 0 saturated carbocycles. The summed E-state index contributed by atoms with van der Waals surface area (Å²) in [6, 6.07) is 7.04. The number of aryl methyl sites for hydroxylation is 2. The second-order valence-corrected chi connectivity index (χ2v) is 5.51. The topological polar surface area (TPSA) is 29.9 Å². The molecule has 0 aliphatic carbocycles. The smallest absolute Gasteiger partial charge is 0.142 e. The van der Waals surface area contributed by atoms with Gasteiger partial charge in [-0.25, -0.2) is 4.39 Å². The lowest BCUT2D eigenvalue weighted by atomic mass is 10.0. The number of aromatic nitrogens is 2. The van der Waals surface area contributed by atoms with E-state index in [-0.39, 0.29) is 16.9 Å². The van der Waals surface area contributed by atoms with Crippen molar-refractivity contribution >= 4 is 11.6 Å². The van der Waals surface area contributed by atoms with E-state index in [1.54, 1.807) is 12.3 Å². The summed E-state index contributed by atoms with van der Waals surface area (Å²) in [4.78, 5) is 0. The Bertz CT molecular complexity index is 583. The van der Waals surface area contributed by atoms with Crippen molar-refractivity contribution in [1.29, 1.82) is 0 Å². The van der Waals surface area contributed by atoms with E-state index in [1.807, 2.05) is 23.9 Å². The maximum absolute atomic E-state index is 13.7. The minimum absolute atomic E-state index is 0.0445. The second-order valence-electron chi connectivity index (χ2n) is 5.13. The fourth-order valence-electron chi connectivity index (χ4n) is 2.41. The van der Waals surface area contributed by atoms with Crippen LogP contribution in [0.1, 0.15) is 37.1 Å². The first kappa shape index (κ1) is 16.0. The molecule has 5 heteroatoms. The molecular weight excluding hydrogens is 289 g/mol. The summed E-state index contributed by atoms with van der Waals surface area (Å²) < 4.78 is 15.5. The van der Waals surface area contributed by atoms with E-state index in [2.05, 4.69) is 17.3 Å². The van der Waals surface area contributed by atoms with Gasteiger partial charge in [-0.15, -0.1) is 0 Å². The number of nitrogens with zero attached hydrogens (tertiary/aromatic N) is 2. The molecule has 2 rings (SSSR count). The van der Waals surface area contributed by atoms with Crippen molar-refractivity contribution in [2.45, 2.75) is 32.2 Å². The van der Waals surface area contributed by atoms with Gasteiger partial charge in [-0.3, -0.25) is 4.68 Å². The number of rotatable bonds is 7. The molecule has 1 aromatic heterocycles. The lowest BCUT2D eigenvalue weighted by molar-refractivity contribution is 0.488. The van der Waals surface area contributed by atoms with Gasteiger partial charge in [0.1, 0.15) is 5.82 Å². The van der Waals surface area contributed by atoms with Crippen LogP contribution >= 0.6 is 11.6 Å². The van der Waals surface area contributed by atoms with Crippen molar-refractivity contribution in [1.82, 2.24) is 15.1 Å². The third-order valence-corrected chi connectivity index (χ3v) is 4.01. The van der Waals surface area contributed by atoms with Crippen LogP contribution in [0.2, 0.25) is 5.02 Å². The van der Waals surface area contributed by atoms with Crippen LogP contribution in [0.4, 0.5) is 4.39 Å². The summed E-state index contributed by atoms with van der Waals surface area (Å²) in [6.45, 7) is 2.99. The van der Waals surface area contributed by atoms with Crippen LogP contribution in [0.3, 0.4) is 0 Å². The highest BCUT2D eigenvalue weighted by molar-refractivity contribution is 6.31. The molecule has 114 valence electrons. The Morgan fingerprint density at radius 3 is 2.86 bits per heavy atom. The molecule has 0 radical (unpaired) electrons. The average molecular weight is 310 g/mol. The first-order chi connectivity index (χ1) is 10.1. The molecule has 1 unspecified atom stereocenters. The molecule has 0 aliphatic rings. The van der Waals surface area contributed by atoms with Gasteiger partial charge >= 0.3 is 0 Å². The zero-order chi connectivity index (χ0) is 15.2. The third-order valence-electron chi connectivity index (χ3n) is 3.61. The Morgan fingerprint density at radius 2 is 2.19 bits per heavy atom. The molecule has 3 nitrogen and oxygen atoms in total. The van der Waals surface area contributed by atoms with E-state index in [0.717, 1.165) is 37.1 Å². The van der Waals surface area contributed by atoms with Gasteiger partial charge in [-0.1, -0.05) is 30.7 Å². The SMILES string of the molecule is CCCNC(CCc1ccnn1C)c1cccc(F)c1Cl. The zero-order valence-corrected chi connectivity index (χ0v) is 13.2. The van der Waals surface area contributed by atoms with Gasteiger partial charge < -0.3 is 5.32 Å². The van der Waals surface area contributed by atoms with Crippen molar-refractivity contribution in [3.8, 4) is 0 Å². The van der Waals surface area contributed by atoms with E-state index in [1.165, 1.54) is 6.07 Å². The first-order valence-corrected chi connectivity index (χ1v) is 7.65. The molecular formula is C16H21ClFN3. The van der Waals surface area contributed by atoms with Crippen LogP contribution in [0.15, 0.2) is 30.5 Å². The molecule has 0 aliphatic heterocycles. The molecule has 2 aromatic rings. The molecule has 21 heavy (non-hydrogen) atoms. The standard InChI is InChI=1S/C16H21ClFN3/c1-3-10-19-15(8-7-12-9-11-20-21(12)2)13-5-4-6-14(18)16(13)17/h4-6,9,11,15,19H,3,7-8,10H2,1-2H3. The molecule has 1 aromatic carbocycles. The maximum atomic E-state index is 13.7. The highest BCUT2D eigenvalue weighted by Gasteiger charge is 2.17. The third kappa shape index (κ3) is 4.05. The van der Waals surface area contributed by atoms with Gasteiger partial charge in [0.25, 0.3) is 0 Å². The Hall–Kier alpha value is -1.39. The van der Waals surface area contributed by atoms with Gasteiger partial charge in [0.2, 0.25) is 0 Å². The number of hydrogen-bond acceptors (Lipinski definition) is 2. The Morgan fingerprint density at radius 1 is 1.38 bits per heavy atom. The monoisotopic (exact) mass is 309 g/mol. The highest BCUT2D eigenvalue weighted by Crippen LogP contribution is 2.28. The predicted molar refractivity (Wildman–Crippen MR) is 84.0 cm³/mol. The zero-order valence-electron chi connectivity index (χ0n) is 12.4. The van der Waals surface area contributed by atoms with Gasteiger partial charge in [0, 0.05) is 25.0 Å². The van der Waals surface area contributed by atoms with Gasteiger partial charge in [-0.05, 0) is 43.5 Å². The summed E-state index contributed by atoms with van der Waals surface area (Å²) in [7, 11) is 1.93. The summed E-state index contributed by atoms with van der Waals surface area (Å²) in [6.07, 6.45) is 4.53. The highest BCUT2D eigenvalue weighted by atomic mass is 35.5. The second kappa shape index (κ2) is 7.57. The first-order valence-electron chi connectivity index (χ1n) is 7.27. The van der Waals surface area contributed by atoms with E-state index >= 15 is 0 Å². The van der Waals surface area contributed by atoms with Crippen LogP contribution in [0, 0.1) is 5.82 Å². The van der Waals surface area contributed by atoms with E-state index in [9.17, 15) is 4.39 Å². The average Bonchev–Trinajstić information content (AvgIpc) is 2.88. The largest absolute Gasteiger partial charge is 0.310 e. The molecule has 0 saturated heterocycles. The molecule has 1 N–H and O–H groups in total. The minimum atomic E-state index is -0.363. The Labute approximate surface area is 130 Å². The summed E-state index contributed by atoms with van der Waals surface area (Å²) in [5.41, 5.74) is 1.98. The maximum Gasteiger partial charge on any atom is 0.142 e. The number of nitrogens with one attached hydrogen (secondary N) is 1. The van der Waals surface area contributed by atoms with Gasteiger partial charge in [-0.2, -0.15) is 5.10 Å². The van der Waals surface area contributed by atoms with Crippen LogP contribution in [-0.4, -0.2) is 16.3 Å². The summed E-state index contributed by atoms with van der Waals surface area (Å²) >= 11 is 6.13. The van der Waals surface area contributed by atoms with E-state index in [4.69, 9.17) is 11.6 Å². The molecule has 0 fully saturated rings. The van der Waals surface area contributed by atoms with Gasteiger partial charge in [0.05, 0.1) is 5.02 Å². The van der Waals surface area contributed by atoms with E-state index in [0.29, 0.717) is 0 Å². The van der Waals surface area contributed by atoms with Crippen molar-refractivity contribution in [2.75, 3.05) is 6.54 Å². The van der Waals surface area contributed by atoms with Crippen LogP contribution < -0.4 is 5.32 Å². The normalized spacial score (nSPS) is 12.6. The van der Waals surface area contributed by atoms with Crippen molar-refractivity contribution in [3.05, 3.63) is 52.6 Å². The van der Waals surface area contributed by atoms with Crippen LogP contribution in [0.25, 0.3) is 0 Å². The lowest BCUT2D eigenvalue weighted by Gasteiger charge is -2.20. The summed E-state index contributed by atoms with van der Waals surface area (Å²) in [5.74, 6) is -0.363. The number of hydrogen-bond donors (Lipinski definition) is 1. The summed E-state index contributed by atoms with van der Waals surface area (Å²) in [5, 5.41) is 7.84. The number of benzene rings is 1. The van der Waals surface area contributed by atoms with Crippen molar-refractivity contribution < 1.29 is 4.39 Å². The van der Waals surface area contributed by atoms with Crippen molar-refractivity contribution in [3.63, 3.8) is 0 Å². The fourth-order valence-corrected chi connectivity index (χ4v) is 2.67. The Kier molecular flexibility index (Phi) is 5.76. The van der Waals surface area contributed by atoms with Crippen LogP contribution in [0.5, 0.6) is 0 Å². The minimum Gasteiger partial charge on any atom is -0.310 e. The molecule has 0 spiro atoms. The Balaban J connectivity index is 2.14. The lowest BCUT2D eigenvalue weighted by Crippen LogP contribution is -2.23. The molecule has 1 heterocycles. The molecule has 0 bridgehead atoms. The van der Waals surface area contributed by atoms with Crippen molar-refractivity contribution in [2.24, 2.45) is 7.05 Å². The quantitative estimate of drug-likeness (QED) is 0.841. The predicted octanol–water partition coefficient (Wildman–Crippen LogP) is 3.89. The fraction of sp³-hybridized carbons (Fsp3) is 0.438. The van der Waals surface area contributed by atoms with E-state index < -0.39 is 0 Å². The van der Waals surface area contributed by atoms with Crippen LogP contribution in [-0.2, 0) is 13.5 Å². The number of halogens is 2. The molecule has 0 amide bonds. The molecule has 1 atom stereocenters. The van der Waals surface area contributed by atoms with Gasteiger partial charge in [0.15, 0.2) is 0 Å².